The van der Waals surface area contributed by atoms with E-state index in [9.17, 15) is 8.42 Å². The summed E-state index contributed by atoms with van der Waals surface area (Å²) in [5.74, 6) is 0. The molecule has 0 bridgehead atoms. The fourth-order valence-electron chi connectivity index (χ4n) is 1.84. The van der Waals surface area contributed by atoms with Crippen molar-refractivity contribution in [2.45, 2.75) is 37.8 Å². The lowest BCUT2D eigenvalue weighted by Gasteiger charge is -2.21. The first kappa shape index (κ1) is 16.1. The molecule has 0 aliphatic carbocycles. The molecule has 0 aliphatic rings. The molecule has 0 atom stereocenters. The maximum atomic E-state index is 12.5. The lowest BCUT2D eigenvalue weighted by Crippen LogP contribution is -2.40. The Kier molecular flexibility index (Phi) is 4.48. The minimum atomic E-state index is -3.64. The first-order valence-electron chi connectivity index (χ1n) is 6.41. The van der Waals surface area contributed by atoms with Gasteiger partial charge in [-0.3, -0.25) is 0 Å². The highest BCUT2D eigenvalue weighted by atomic mass is 32.2. The van der Waals surface area contributed by atoms with Crippen molar-refractivity contribution in [3.8, 4) is 10.6 Å². The molecule has 0 radical (unpaired) electrons. The molecular weight excluding hydrogens is 308 g/mol. The molecule has 0 saturated carbocycles. The molecule has 7 heteroatoms. The molecule has 1 heterocycles. The number of aromatic nitrogens is 1. The highest BCUT2D eigenvalue weighted by molar-refractivity contribution is 7.89. The Hall–Kier alpha value is -1.28. The Morgan fingerprint density at radius 3 is 2.52 bits per heavy atom. The van der Waals surface area contributed by atoms with Gasteiger partial charge in [0.2, 0.25) is 10.0 Å². The van der Waals surface area contributed by atoms with Gasteiger partial charge < -0.3 is 5.11 Å². The summed E-state index contributed by atoms with van der Waals surface area (Å²) in [4.78, 5) is 4.44. The Bertz CT molecular complexity index is 731. The van der Waals surface area contributed by atoms with E-state index in [1.54, 1.807) is 50.4 Å². The summed E-state index contributed by atoms with van der Waals surface area (Å²) < 4.78 is 27.7. The summed E-state index contributed by atoms with van der Waals surface area (Å²) >= 11 is 1.31. The molecule has 1 aromatic heterocycles. The molecule has 0 spiro atoms. The monoisotopic (exact) mass is 326 g/mol. The fraction of sp³-hybridized carbons (Fsp3) is 0.357. The molecule has 2 aromatic rings. The number of rotatable bonds is 4. The maximum Gasteiger partial charge on any atom is 0.241 e. The van der Waals surface area contributed by atoms with Crippen molar-refractivity contribution in [1.29, 1.82) is 0 Å². The average Bonchev–Trinajstić information content (AvgIpc) is 2.84. The van der Waals surface area contributed by atoms with Gasteiger partial charge in [-0.05, 0) is 26.8 Å². The number of nitrogens with zero attached hydrogens (tertiary/aromatic N) is 1. The minimum absolute atomic E-state index is 0.161. The van der Waals surface area contributed by atoms with Gasteiger partial charge >= 0.3 is 0 Å². The van der Waals surface area contributed by atoms with Crippen LogP contribution in [0.15, 0.2) is 34.5 Å². The van der Waals surface area contributed by atoms with Crippen molar-refractivity contribution < 1.29 is 13.5 Å². The van der Waals surface area contributed by atoms with E-state index in [4.69, 9.17) is 5.11 Å². The quantitative estimate of drug-likeness (QED) is 0.904. The van der Waals surface area contributed by atoms with Crippen LogP contribution in [0.5, 0.6) is 0 Å². The van der Waals surface area contributed by atoms with Gasteiger partial charge in [-0.15, -0.1) is 11.3 Å². The molecule has 0 saturated heterocycles. The van der Waals surface area contributed by atoms with Gasteiger partial charge in [-0.1, -0.05) is 18.2 Å². The first-order valence-corrected chi connectivity index (χ1v) is 8.78. The zero-order chi connectivity index (χ0) is 15.7. The molecule has 0 unspecified atom stereocenters. The zero-order valence-corrected chi connectivity index (χ0v) is 13.8. The average molecular weight is 326 g/mol. The molecular formula is C14H18N2O3S2. The van der Waals surface area contributed by atoms with E-state index in [-0.39, 0.29) is 11.5 Å². The minimum Gasteiger partial charge on any atom is -0.390 e. The molecule has 0 amide bonds. The topological polar surface area (TPSA) is 79.3 Å². The summed E-state index contributed by atoms with van der Waals surface area (Å²) in [5.41, 5.74) is 0.510. The molecule has 5 nitrogen and oxygen atoms in total. The van der Waals surface area contributed by atoms with E-state index in [0.717, 1.165) is 0 Å². The van der Waals surface area contributed by atoms with Crippen molar-refractivity contribution in [3.63, 3.8) is 0 Å². The number of sulfonamides is 1. The van der Waals surface area contributed by atoms with Gasteiger partial charge in [0.25, 0.3) is 0 Å². The third-order valence-electron chi connectivity index (χ3n) is 2.56. The second kappa shape index (κ2) is 5.84. The van der Waals surface area contributed by atoms with Crippen molar-refractivity contribution >= 4 is 21.4 Å². The van der Waals surface area contributed by atoms with Gasteiger partial charge in [0.05, 0.1) is 17.2 Å². The van der Waals surface area contributed by atoms with Crippen LogP contribution in [-0.4, -0.2) is 24.0 Å². The SMILES string of the molecule is CC(C)(C)NS(=O)(=O)c1ccccc1-c1nc(CO)cs1. The zero-order valence-electron chi connectivity index (χ0n) is 12.1. The Balaban J connectivity index is 2.51. The third kappa shape index (κ3) is 3.88. The Morgan fingerprint density at radius 1 is 1.29 bits per heavy atom. The fourth-order valence-corrected chi connectivity index (χ4v) is 4.38. The number of benzene rings is 1. The number of thiazole rings is 1. The lowest BCUT2D eigenvalue weighted by atomic mass is 10.1. The van der Waals surface area contributed by atoms with E-state index < -0.39 is 15.6 Å². The number of nitrogens with one attached hydrogen (secondary N) is 1. The molecule has 1 aromatic carbocycles. The number of hydrogen-bond acceptors (Lipinski definition) is 5. The molecule has 0 aliphatic heterocycles. The summed E-state index contributed by atoms with van der Waals surface area (Å²) in [5, 5.41) is 11.4. The van der Waals surface area contributed by atoms with Crippen LogP contribution >= 0.6 is 11.3 Å². The van der Waals surface area contributed by atoms with Gasteiger partial charge in [-0.2, -0.15) is 0 Å². The van der Waals surface area contributed by atoms with Crippen LogP contribution in [0, 0.1) is 0 Å². The van der Waals surface area contributed by atoms with Crippen molar-refractivity contribution in [1.82, 2.24) is 9.71 Å². The van der Waals surface area contributed by atoms with Crippen LogP contribution in [0.1, 0.15) is 26.5 Å². The van der Waals surface area contributed by atoms with Gasteiger partial charge in [0, 0.05) is 16.5 Å². The summed E-state index contributed by atoms with van der Waals surface area (Å²) in [7, 11) is -3.64. The maximum absolute atomic E-state index is 12.5. The highest BCUT2D eigenvalue weighted by Crippen LogP contribution is 2.30. The Labute approximate surface area is 128 Å². The van der Waals surface area contributed by atoms with E-state index in [1.807, 2.05) is 0 Å². The normalized spacial score (nSPS) is 12.6. The number of aliphatic hydroxyl groups excluding tert-OH is 1. The Morgan fingerprint density at radius 2 is 1.95 bits per heavy atom. The predicted molar refractivity (Wildman–Crippen MR) is 83.5 cm³/mol. The van der Waals surface area contributed by atoms with Crippen LogP contribution in [0.2, 0.25) is 0 Å². The highest BCUT2D eigenvalue weighted by Gasteiger charge is 2.25. The van der Waals surface area contributed by atoms with Gasteiger partial charge in [0.15, 0.2) is 0 Å². The van der Waals surface area contributed by atoms with Crippen LogP contribution in [0.3, 0.4) is 0 Å². The van der Waals surface area contributed by atoms with Crippen LogP contribution in [0.25, 0.3) is 10.6 Å². The largest absolute Gasteiger partial charge is 0.390 e. The first-order chi connectivity index (χ1) is 9.73. The third-order valence-corrected chi connectivity index (χ3v) is 5.30. The second-order valence-corrected chi connectivity index (χ2v) is 8.16. The molecule has 2 rings (SSSR count). The van der Waals surface area contributed by atoms with E-state index in [1.165, 1.54) is 11.3 Å². The van der Waals surface area contributed by atoms with Crippen molar-refractivity contribution in [2.24, 2.45) is 0 Å². The van der Waals surface area contributed by atoms with Gasteiger partial charge in [0.1, 0.15) is 5.01 Å². The second-order valence-electron chi connectivity index (χ2n) is 5.65. The van der Waals surface area contributed by atoms with E-state index >= 15 is 0 Å². The lowest BCUT2D eigenvalue weighted by molar-refractivity contribution is 0.278. The van der Waals surface area contributed by atoms with Crippen molar-refractivity contribution in [3.05, 3.63) is 35.3 Å². The van der Waals surface area contributed by atoms with Gasteiger partial charge in [-0.25, -0.2) is 18.1 Å². The van der Waals surface area contributed by atoms with Crippen LogP contribution in [0.4, 0.5) is 0 Å². The number of aliphatic hydroxyl groups is 1. The van der Waals surface area contributed by atoms with Crippen LogP contribution in [-0.2, 0) is 16.6 Å². The molecule has 0 fully saturated rings. The molecule has 114 valence electrons. The summed E-state index contributed by atoms with van der Waals surface area (Å²) in [6.07, 6.45) is 0. The summed E-state index contributed by atoms with van der Waals surface area (Å²) in [6, 6.07) is 6.73. The number of hydrogen-bond donors (Lipinski definition) is 2. The molecule has 21 heavy (non-hydrogen) atoms. The standard InChI is InChI=1S/C14H18N2O3S2/c1-14(2,3)16-21(18,19)12-7-5-4-6-11(12)13-15-10(8-17)9-20-13/h4-7,9,16-17H,8H2,1-3H3. The van der Waals surface area contributed by atoms with E-state index in [2.05, 4.69) is 9.71 Å². The summed E-state index contributed by atoms with van der Waals surface area (Å²) in [6.45, 7) is 5.22. The van der Waals surface area contributed by atoms with E-state index in [0.29, 0.717) is 16.3 Å². The van der Waals surface area contributed by atoms with Crippen LogP contribution < -0.4 is 4.72 Å². The predicted octanol–water partition coefficient (Wildman–Crippen LogP) is 2.38. The smallest absolute Gasteiger partial charge is 0.241 e. The van der Waals surface area contributed by atoms with Crippen molar-refractivity contribution in [2.75, 3.05) is 0 Å². The molecule has 2 N–H and O–H groups in total.